The van der Waals surface area contributed by atoms with Gasteiger partial charge in [0.1, 0.15) is 5.82 Å². The zero-order chi connectivity index (χ0) is 22.7. The molecule has 1 aliphatic rings. The Kier molecular flexibility index (Phi) is 5.98. The summed E-state index contributed by atoms with van der Waals surface area (Å²) in [7, 11) is 1.52. The molecule has 0 saturated heterocycles. The Hall–Kier alpha value is -4.01. The second-order valence-corrected chi connectivity index (χ2v) is 7.30. The van der Waals surface area contributed by atoms with E-state index in [1.807, 2.05) is 0 Å². The molecule has 0 atom stereocenters. The zero-order valence-electron chi connectivity index (χ0n) is 17.4. The summed E-state index contributed by atoms with van der Waals surface area (Å²) in [6.07, 6.45) is 2.30. The van der Waals surface area contributed by atoms with Crippen molar-refractivity contribution in [3.8, 4) is 5.69 Å². The summed E-state index contributed by atoms with van der Waals surface area (Å²) in [4.78, 5) is 36.6. The number of ether oxygens (including phenoxy) is 1. The molecular weight excluding hydrogens is 415 g/mol. The van der Waals surface area contributed by atoms with E-state index in [1.165, 1.54) is 25.2 Å². The number of hydrogen-bond donors (Lipinski definition) is 2. The van der Waals surface area contributed by atoms with Crippen LogP contribution in [0.1, 0.15) is 38.5 Å². The van der Waals surface area contributed by atoms with Crippen LogP contribution in [0.2, 0.25) is 0 Å². The van der Waals surface area contributed by atoms with Gasteiger partial charge in [0, 0.05) is 29.6 Å². The van der Waals surface area contributed by atoms with Crippen molar-refractivity contribution in [2.24, 2.45) is 0 Å². The van der Waals surface area contributed by atoms with Crippen LogP contribution in [0.15, 0.2) is 48.5 Å². The number of anilines is 1. The number of amides is 2. The number of benzene rings is 2. The number of carbonyl (C=O) groups excluding carboxylic acids is 3. The lowest BCUT2D eigenvalue weighted by Crippen LogP contribution is -2.22. The molecule has 0 saturated carbocycles. The summed E-state index contributed by atoms with van der Waals surface area (Å²) in [5.74, 6) is -1.87. The minimum atomic E-state index is -0.696. The molecule has 1 heterocycles. The number of aromatic nitrogens is 2. The van der Waals surface area contributed by atoms with Gasteiger partial charge in [-0.2, -0.15) is 5.10 Å². The second-order valence-electron chi connectivity index (χ2n) is 7.30. The first kappa shape index (κ1) is 21.2. The third-order valence-corrected chi connectivity index (χ3v) is 5.16. The largest absolute Gasteiger partial charge is 0.451 e. The smallest absolute Gasteiger partial charge is 0.359 e. The predicted molar refractivity (Wildman–Crippen MR) is 114 cm³/mol. The quantitative estimate of drug-likeness (QED) is 0.579. The Labute approximate surface area is 183 Å². The monoisotopic (exact) mass is 436 g/mol. The van der Waals surface area contributed by atoms with Crippen LogP contribution in [0.25, 0.3) is 5.69 Å². The molecule has 1 aliphatic carbocycles. The Balaban J connectivity index is 1.44. The fraction of sp³-hybridized carbons (Fsp3) is 0.217. The van der Waals surface area contributed by atoms with Crippen LogP contribution in [0, 0.1) is 5.82 Å². The molecule has 2 N–H and O–H groups in total. The number of nitrogens with one attached hydrogen (secondary N) is 2. The lowest BCUT2D eigenvalue weighted by atomic mass is 10.2. The van der Waals surface area contributed by atoms with E-state index in [9.17, 15) is 18.8 Å². The lowest BCUT2D eigenvalue weighted by molar-refractivity contribution is -0.119. The van der Waals surface area contributed by atoms with E-state index in [1.54, 1.807) is 35.0 Å². The summed E-state index contributed by atoms with van der Waals surface area (Å²) < 4.78 is 20.1. The highest BCUT2D eigenvalue weighted by Crippen LogP contribution is 2.28. The standard InChI is InChI=1S/C23H21FN4O4/c1-25-22(30)14-4-2-5-16(12-14)26-20(29)13-32-23(31)21-18-6-3-7-19(18)28(27-21)17-10-8-15(24)9-11-17/h2,4-5,8-12H,3,6-7,13H2,1H3,(H,25,30)(H,26,29). The maximum atomic E-state index is 13.3. The topological polar surface area (TPSA) is 102 Å². The van der Waals surface area contributed by atoms with Gasteiger partial charge in [0.25, 0.3) is 11.8 Å². The van der Waals surface area contributed by atoms with Gasteiger partial charge in [0.15, 0.2) is 12.3 Å². The van der Waals surface area contributed by atoms with Crippen LogP contribution in [0.5, 0.6) is 0 Å². The van der Waals surface area contributed by atoms with Crippen molar-refractivity contribution in [3.05, 3.63) is 76.9 Å². The van der Waals surface area contributed by atoms with Crippen molar-refractivity contribution in [1.82, 2.24) is 15.1 Å². The molecule has 3 aromatic rings. The minimum absolute atomic E-state index is 0.163. The van der Waals surface area contributed by atoms with Crippen LogP contribution >= 0.6 is 0 Å². The number of halogens is 1. The number of nitrogens with zero attached hydrogens (tertiary/aromatic N) is 2. The molecule has 9 heteroatoms. The summed E-state index contributed by atoms with van der Waals surface area (Å²) >= 11 is 0. The average molecular weight is 436 g/mol. The summed E-state index contributed by atoms with van der Waals surface area (Å²) in [6.45, 7) is -0.499. The molecule has 32 heavy (non-hydrogen) atoms. The Morgan fingerprint density at radius 3 is 2.66 bits per heavy atom. The van der Waals surface area contributed by atoms with E-state index < -0.39 is 18.5 Å². The molecule has 0 fully saturated rings. The highest BCUT2D eigenvalue weighted by atomic mass is 19.1. The predicted octanol–water partition coefficient (Wildman–Crippen LogP) is 2.66. The Morgan fingerprint density at radius 2 is 1.91 bits per heavy atom. The van der Waals surface area contributed by atoms with Crippen LogP contribution in [0.3, 0.4) is 0 Å². The highest BCUT2D eigenvalue weighted by molar-refractivity contribution is 5.98. The number of rotatable bonds is 6. The van der Waals surface area contributed by atoms with Gasteiger partial charge < -0.3 is 15.4 Å². The molecule has 8 nitrogen and oxygen atoms in total. The summed E-state index contributed by atoms with van der Waals surface area (Å²) in [6, 6.07) is 12.3. The van der Waals surface area contributed by atoms with Crippen LogP contribution in [-0.4, -0.2) is 41.2 Å². The van der Waals surface area contributed by atoms with Gasteiger partial charge in [-0.25, -0.2) is 13.9 Å². The van der Waals surface area contributed by atoms with E-state index in [0.717, 1.165) is 24.1 Å². The first-order valence-electron chi connectivity index (χ1n) is 10.1. The van der Waals surface area contributed by atoms with Crippen molar-refractivity contribution < 1.29 is 23.5 Å². The second kappa shape index (κ2) is 9.01. The van der Waals surface area contributed by atoms with E-state index in [4.69, 9.17) is 4.74 Å². The van der Waals surface area contributed by atoms with Gasteiger partial charge >= 0.3 is 5.97 Å². The van der Waals surface area contributed by atoms with Crippen LogP contribution in [-0.2, 0) is 22.4 Å². The maximum absolute atomic E-state index is 13.3. The Bertz CT molecular complexity index is 1190. The maximum Gasteiger partial charge on any atom is 0.359 e. The molecule has 164 valence electrons. The molecule has 4 rings (SSSR count). The SMILES string of the molecule is CNC(=O)c1cccc(NC(=O)COC(=O)c2nn(-c3ccc(F)cc3)c3c2CCC3)c1. The van der Waals surface area contributed by atoms with Crippen LogP contribution < -0.4 is 10.6 Å². The van der Waals surface area contributed by atoms with Crippen molar-refractivity contribution in [1.29, 1.82) is 0 Å². The molecule has 0 radical (unpaired) electrons. The fourth-order valence-corrected chi connectivity index (χ4v) is 3.68. The average Bonchev–Trinajstić information content (AvgIpc) is 3.41. The first-order valence-corrected chi connectivity index (χ1v) is 10.1. The van der Waals surface area contributed by atoms with Gasteiger partial charge in [-0.1, -0.05) is 6.07 Å². The molecule has 0 unspecified atom stereocenters. The van der Waals surface area contributed by atoms with E-state index in [0.29, 0.717) is 23.4 Å². The van der Waals surface area contributed by atoms with Gasteiger partial charge in [-0.15, -0.1) is 0 Å². The third-order valence-electron chi connectivity index (χ3n) is 5.16. The van der Waals surface area contributed by atoms with Crippen molar-refractivity contribution in [3.63, 3.8) is 0 Å². The van der Waals surface area contributed by atoms with Crippen molar-refractivity contribution in [2.75, 3.05) is 19.0 Å². The number of carbonyl (C=O) groups is 3. The van der Waals surface area contributed by atoms with Crippen molar-refractivity contribution >= 4 is 23.5 Å². The molecule has 2 aromatic carbocycles. The van der Waals surface area contributed by atoms with Crippen LogP contribution in [0.4, 0.5) is 10.1 Å². The number of esters is 1. The molecular formula is C23H21FN4O4. The van der Waals surface area contributed by atoms with E-state index in [-0.39, 0.29) is 17.4 Å². The van der Waals surface area contributed by atoms with E-state index >= 15 is 0 Å². The highest BCUT2D eigenvalue weighted by Gasteiger charge is 2.28. The molecule has 1 aromatic heterocycles. The molecule has 2 amide bonds. The molecule has 0 bridgehead atoms. The van der Waals surface area contributed by atoms with Gasteiger partial charge in [-0.05, 0) is 61.7 Å². The minimum Gasteiger partial charge on any atom is -0.451 e. The lowest BCUT2D eigenvalue weighted by Gasteiger charge is -2.08. The van der Waals surface area contributed by atoms with Crippen molar-refractivity contribution in [2.45, 2.75) is 19.3 Å². The summed E-state index contributed by atoms with van der Waals surface area (Å²) in [5.41, 5.74) is 3.29. The van der Waals surface area contributed by atoms with Gasteiger partial charge in [0.2, 0.25) is 0 Å². The molecule has 0 spiro atoms. The zero-order valence-corrected chi connectivity index (χ0v) is 17.4. The molecule has 0 aliphatic heterocycles. The number of hydrogen-bond acceptors (Lipinski definition) is 5. The van der Waals surface area contributed by atoms with Gasteiger partial charge in [-0.3, -0.25) is 9.59 Å². The van der Waals surface area contributed by atoms with E-state index in [2.05, 4.69) is 15.7 Å². The normalized spacial score (nSPS) is 12.2. The fourth-order valence-electron chi connectivity index (χ4n) is 3.68. The summed E-state index contributed by atoms with van der Waals surface area (Å²) in [5, 5.41) is 9.49. The Morgan fingerprint density at radius 1 is 1.12 bits per heavy atom. The number of fused-ring (bicyclic) bond motifs is 1. The van der Waals surface area contributed by atoms with Gasteiger partial charge in [0.05, 0.1) is 5.69 Å². The third kappa shape index (κ3) is 4.36. The first-order chi connectivity index (χ1) is 15.5.